The van der Waals surface area contributed by atoms with Gasteiger partial charge in [-0.1, -0.05) is 24.3 Å². The molecule has 0 aliphatic heterocycles. The highest BCUT2D eigenvalue weighted by atomic mass is 16.5. The van der Waals surface area contributed by atoms with Crippen molar-refractivity contribution in [1.29, 1.82) is 0 Å². The van der Waals surface area contributed by atoms with Crippen LogP contribution >= 0.6 is 0 Å². The fraction of sp³-hybridized carbons (Fsp3) is 0.105. The molecule has 3 N–H and O–H groups in total. The molecule has 2 aromatic carbocycles. The van der Waals surface area contributed by atoms with Crippen LogP contribution in [0.3, 0.4) is 0 Å². The lowest BCUT2D eigenvalue weighted by Crippen LogP contribution is -2.34. The molecule has 0 bridgehead atoms. The lowest BCUT2D eigenvalue weighted by molar-refractivity contribution is -0.123. The first kappa shape index (κ1) is 18.7. The Bertz CT molecular complexity index is 814. The zero-order chi connectivity index (χ0) is 18.8. The number of nitrogens with one attached hydrogen (secondary N) is 2. The summed E-state index contributed by atoms with van der Waals surface area (Å²) < 4.78 is 5.05. The number of hydrogen-bond donors (Lipinski definition) is 3. The molecular weight excluding hydrogens is 334 g/mol. The highest BCUT2D eigenvalue weighted by molar-refractivity contribution is 5.94. The number of hydrogen-bond acceptors (Lipinski definition) is 5. The summed E-state index contributed by atoms with van der Waals surface area (Å²) in [6.45, 7) is -0.218. The summed E-state index contributed by atoms with van der Waals surface area (Å²) in [5, 5.41) is 15.7. The van der Waals surface area contributed by atoms with E-state index in [4.69, 9.17) is 4.74 Å². The maximum absolute atomic E-state index is 11.7. The van der Waals surface area contributed by atoms with Gasteiger partial charge in [-0.15, -0.1) is 0 Å². The van der Waals surface area contributed by atoms with Gasteiger partial charge in [-0.05, 0) is 35.9 Å². The number of hydrazone groups is 1. The number of para-hydroxylation sites is 1. The summed E-state index contributed by atoms with van der Waals surface area (Å²) in [5.74, 6) is -0.0985. The maximum atomic E-state index is 11.7. The molecule has 26 heavy (non-hydrogen) atoms. The molecule has 0 saturated carbocycles. The van der Waals surface area contributed by atoms with E-state index in [1.54, 1.807) is 43.5 Å². The van der Waals surface area contributed by atoms with Gasteiger partial charge >= 0.3 is 0 Å². The molecule has 0 spiro atoms. The first-order valence-corrected chi connectivity index (χ1v) is 7.78. The first-order chi connectivity index (χ1) is 12.6. The Balaban J connectivity index is 1.75. The second-order valence-electron chi connectivity index (χ2n) is 5.18. The second kappa shape index (κ2) is 9.63. The number of carbonyl (C=O) groups excluding carboxylic acids is 2. The van der Waals surface area contributed by atoms with E-state index < -0.39 is 11.8 Å². The fourth-order valence-corrected chi connectivity index (χ4v) is 1.92. The van der Waals surface area contributed by atoms with Crippen molar-refractivity contribution in [3.05, 3.63) is 65.7 Å². The normalized spacial score (nSPS) is 10.8. The van der Waals surface area contributed by atoms with E-state index in [0.717, 1.165) is 11.3 Å². The molecule has 0 aliphatic carbocycles. The van der Waals surface area contributed by atoms with Gasteiger partial charge in [0.15, 0.2) is 0 Å². The number of ether oxygens (including phenoxy) is 1. The van der Waals surface area contributed by atoms with Crippen molar-refractivity contribution in [1.82, 2.24) is 10.7 Å². The minimum atomic E-state index is -0.483. The van der Waals surface area contributed by atoms with Gasteiger partial charge < -0.3 is 15.2 Å². The van der Waals surface area contributed by atoms with Crippen LogP contribution in [0.15, 0.2) is 59.7 Å². The molecular formula is C19H19N3O4. The Labute approximate surface area is 151 Å². The quantitative estimate of drug-likeness (QED) is 0.400. The van der Waals surface area contributed by atoms with Crippen molar-refractivity contribution in [3.8, 4) is 11.5 Å². The lowest BCUT2D eigenvalue weighted by atomic mass is 10.2. The van der Waals surface area contributed by atoms with Crippen LogP contribution in [-0.2, 0) is 9.59 Å². The molecule has 0 aromatic heterocycles. The molecule has 0 fully saturated rings. The van der Waals surface area contributed by atoms with Crippen LogP contribution in [0.5, 0.6) is 11.5 Å². The predicted octanol–water partition coefficient (Wildman–Crippen LogP) is 1.68. The van der Waals surface area contributed by atoms with Crippen molar-refractivity contribution >= 4 is 24.1 Å². The SMILES string of the molecule is COc1ccc(/C=C/C(=O)NCC(=O)N/N=C/c2ccccc2O)cc1. The minimum absolute atomic E-state index is 0.0578. The molecule has 2 amide bonds. The molecule has 0 heterocycles. The average molecular weight is 353 g/mol. The van der Waals surface area contributed by atoms with Crippen molar-refractivity contribution in [2.24, 2.45) is 5.10 Å². The Morgan fingerprint density at radius 2 is 1.88 bits per heavy atom. The number of amides is 2. The molecule has 0 aliphatic rings. The second-order valence-corrected chi connectivity index (χ2v) is 5.18. The molecule has 0 saturated heterocycles. The van der Waals surface area contributed by atoms with E-state index in [2.05, 4.69) is 15.8 Å². The molecule has 134 valence electrons. The highest BCUT2D eigenvalue weighted by Gasteiger charge is 2.02. The topological polar surface area (TPSA) is 100 Å². The predicted molar refractivity (Wildman–Crippen MR) is 98.9 cm³/mol. The third-order valence-corrected chi connectivity index (χ3v) is 3.30. The molecule has 7 heteroatoms. The van der Waals surface area contributed by atoms with Crippen molar-refractivity contribution in [2.45, 2.75) is 0 Å². The minimum Gasteiger partial charge on any atom is -0.507 e. The molecule has 7 nitrogen and oxygen atoms in total. The molecule has 0 atom stereocenters. The van der Waals surface area contributed by atoms with Gasteiger partial charge in [0.05, 0.1) is 19.9 Å². The zero-order valence-electron chi connectivity index (χ0n) is 14.2. The summed E-state index contributed by atoms with van der Waals surface area (Å²) in [6, 6.07) is 13.8. The number of rotatable bonds is 7. The Hall–Kier alpha value is -3.61. The third-order valence-electron chi connectivity index (χ3n) is 3.30. The number of nitrogens with zero attached hydrogens (tertiary/aromatic N) is 1. The zero-order valence-corrected chi connectivity index (χ0v) is 14.2. The largest absolute Gasteiger partial charge is 0.507 e. The van der Waals surface area contributed by atoms with E-state index in [1.807, 2.05) is 12.1 Å². The van der Waals surface area contributed by atoms with E-state index in [-0.39, 0.29) is 12.3 Å². The summed E-state index contributed by atoms with van der Waals surface area (Å²) in [5.41, 5.74) is 3.57. The Morgan fingerprint density at radius 1 is 1.15 bits per heavy atom. The van der Waals surface area contributed by atoms with Crippen LogP contribution in [0.1, 0.15) is 11.1 Å². The van der Waals surface area contributed by atoms with Gasteiger partial charge in [0.2, 0.25) is 5.91 Å². The summed E-state index contributed by atoms with van der Waals surface area (Å²) >= 11 is 0. The molecule has 0 unspecified atom stereocenters. The van der Waals surface area contributed by atoms with Crippen molar-refractivity contribution < 1.29 is 19.4 Å². The van der Waals surface area contributed by atoms with E-state index in [1.165, 1.54) is 18.4 Å². The molecule has 0 radical (unpaired) electrons. The van der Waals surface area contributed by atoms with Gasteiger partial charge in [-0.25, -0.2) is 5.43 Å². The van der Waals surface area contributed by atoms with Gasteiger partial charge in [0.1, 0.15) is 11.5 Å². The fourth-order valence-electron chi connectivity index (χ4n) is 1.92. The number of aromatic hydroxyl groups is 1. The lowest BCUT2D eigenvalue weighted by Gasteiger charge is -2.02. The number of methoxy groups -OCH3 is 1. The average Bonchev–Trinajstić information content (AvgIpc) is 2.66. The molecule has 2 rings (SSSR count). The summed E-state index contributed by atoms with van der Waals surface area (Å²) in [6.07, 6.45) is 4.28. The van der Waals surface area contributed by atoms with Gasteiger partial charge in [-0.3, -0.25) is 9.59 Å². The number of benzene rings is 2. The van der Waals surface area contributed by atoms with Crippen LogP contribution < -0.4 is 15.5 Å². The third kappa shape index (κ3) is 6.12. The van der Waals surface area contributed by atoms with Crippen LogP contribution in [0.2, 0.25) is 0 Å². The number of phenolic OH excluding ortho intramolecular Hbond substituents is 1. The molecule has 2 aromatic rings. The van der Waals surface area contributed by atoms with Crippen LogP contribution in [0, 0.1) is 0 Å². The van der Waals surface area contributed by atoms with Gasteiger partial charge in [-0.2, -0.15) is 5.10 Å². The highest BCUT2D eigenvalue weighted by Crippen LogP contribution is 2.13. The summed E-state index contributed by atoms with van der Waals surface area (Å²) in [7, 11) is 1.58. The van der Waals surface area contributed by atoms with Crippen LogP contribution in [0.4, 0.5) is 0 Å². The van der Waals surface area contributed by atoms with Gasteiger partial charge in [0.25, 0.3) is 5.91 Å². The monoisotopic (exact) mass is 353 g/mol. The van der Waals surface area contributed by atoms with Crippen molar-refractivity contribution in [2.75, 3.05) is 13.7 Å². The van der Waals surface area contributed by atoms with Crippen molar-refractivity contribution in [3.63, 3.8) is 0 Å². The Morgan fingerprint density at radius 3 is 2.58 bits per heavy atom. The number of carbonyl (C=O) groups is 2. The summed E-state index contributed by atoms with van der Waals surface area (Å²) in [4.78, 5) is 23.3. The smallest absolute Gasteiger partial charge is 0.259 e. The maximum Gasteiger partial charge on any atom is 0.259 e. The Kier molecular flexibility index (Phi) is 6.93. The van der Waals surface area contributed by atoms with E-state index >= 15 is 0 Å². The van der Waals surface area contributed by atoms with Crippen LogP contribution in [0.25, 0.3) is 6.08 Å². The number of phenols is 1. The van der Waals surface area contributed by atoms with Crippen LogP contribution in [-0.4, -0.2) is 36.8 Å². The van der Waals surface area contributed by atoms with E-state index in [9.17, 15) is 14.7 Å². The first-order valence-electron chi connectivity index (χ1n) is 7.78. The van der Waals surface area contributed by atoms with E-state index in [0.29, 0.717) is 5.56 Å². The standard InChI is InChI=1S/C19H19N3O4/c1-26-16-9-6-14(7-10-16)8-11-18(24)20-13-19(25)22-21-12-15-4-2-3-5-17(15)23/h2-12,23H,13H2,1H3,(H,20,24)(H,22,25)/b11-8+,21-12+. The van der Waals surface area contributed by atoms with Gasteiger partial charge in [0, 0.05) is 11.6 Å².